The monoisotopic (exact) mass is 227 g/mol. The van der Waals surface area contributed by atoms with Crippen molar-refractivity contribution in [2.75, 3.05) is 0 Å². The minimum Gasteiger partial charge on any atom is -0.370 e. The Bertz CT molecular complexity index is 275. The predicted molar refractivity (Wildman–Crippen MR) is 53.7 cm³/mol. The largest absolute Gasteiger partial charge is 0.370 e. The van der Waals surface area contributed by atoms with E-state index in [4.69, 9.17) is 11.5 Å². The molecule has 1 rings (SSSR count). The molecule has 3 nitrogen and oxygen atoms in total. The number of nitrogens with zero attached hydrogens (tertiary/aromatic N) is 1. The second-order valence-corrected chi connectivity index (χ2v) is 3.28. The van der Waals surface area contributed by atoms with Gasteiger partial charge in [0.1, 0.15) is 0 Å². The van der Waals surface area contributed by atoms with E-state index in [0.717, 1.165) is 10.0 Å². The first-order valence-corrected chi connectivity index (χ1v) is 4.27. The molecule has 1 aromatic carbocycles. The van der Waals surface area contributed by atoms with Crippen LogP contribution < -0.4 is 11.5 Å². The third kappa shape index (κ3) is 2.92. The number of guanidine groups is 1. The Balaban J connectivity index is 2.65. The molecule has 0 aromatic heterocycles. The molecule has 0 atom stereocenters. The lowest BCUT2D eigenvalue weighted by Crippen LogP contribution is -2.22. The van der Waals surface area contributed by atoms with Crippen molar-refractivity contribution in [2.45, 2.75) is 6.54 Å². The predicted octanol–water partition coefficient (Wildman–Crippen LogP) is 1.22. The molecule has 0 spiro atoms. The average molecular weight is 228 g/mol. The summed E-state index contributed by atoms with van der Waals surface area (Å²) in [5.74, 6) is 0.123. The molecule has 0 fully saturated rings. The zero-order chi connectivity index (χ0) is 8.97. The summed E-state index contributed by atoms with van der Waals surface area (Å²) < 4.78 is 1.05. The minimum absolute atomic E-state index is 0.123. The summed E-state index contributed by atoms with van der Waals surface area (Å²) in [5, 5.41) is 0. The van der Waals surface area contributed by atoms with Crippen molar-refractivity contribution in [2.24, 2.45) is 16.5 Å². The van der Waals surface area contributed by atoms with Gasteiger partial charge in [-0.25, -0.2) is 4.99 Å². The van der Waals surface area contributed by atoms with Crippen LogP contribution in [0.5, 0.6) is 0 Å². The van der Waals surface area contributed by atoms with Gasteiger partial charge in [0.2, 0.25) is 0 Å². The molecule has 64 valence electrons. The number of rotatable bonds is 2. The van der Waals surface area contributed by atoms with Gasteiger partial charge in [-0.1, -0.05) is 28.1 Å². The molecule has 0 saturated carbocycles. The number of nitrogens with two attached hydrogens (primary N) is 2. The molecule has 0 radical (unpaired) electrons. The summed E-state index contributed by atoms with van der Waals surface area (Å²) in [6.45, 7) is 0.537. The van der Waals surface area contributed by atoms with Gasteiger partial charge < -0.3 is 11.5 Å². The minimum atomic E-state index is 0.123. The number of hydrogen-bond donors (Lipinski definition) is 2. The molecule has 12 heavy (non-hydrogen) atoms. The van der Waals surface area contributed by atoms with Crippen molar-refractivity contribution in [3.63, 3.8) is 0 Å². The molecule has 0 aliphatic heterocycles. The van der Waals surface area contributed by atoms with E-state index < -0.39 is 0 Å². The van der Waals surface area contributed by atoms with Gasteiger partial charge in [-0.05, 0) is 17.7 Å². The zero-order valence-corrected chi connectivity index (χ0v) is 8.08. The first-order valence-electron chi connectivity index (χ1n) is 3.48. The fraction of sp³-hybridized carbons (Fsp3) is 0.125. The van der Waals surface area contributed by atoms with E-state index >= 15 is 0 Å². The molecule has 0 amide bonds. The molecule has 1 aromatic rings. The van der Waals surface area contributed by atoms with Crippen molar-refractivity contribution in [1.29, 1.82) is 0 Å². The Hall–Kier alpha value is -1.03. The lowest BCUT2D eigenvalue weighted by Gasteiger charge is -1.96. The Kier molecular flexibility index (Phi) is 3.10. The first kappa shape index (κ1) is 9.06. The van der Waals surface area contributed by atoms with Gasteiger partial charge in [-0.2, -0.15) is 0 Å². The molecule has 0 bridgehead atoms. The maximum atomic E-state index is 5.19. The van der Waals surface area contributed by atoms with Crippen LogP contribution in [0.15, 0.2) is 33.7 Å². The van der Waals surface area contributed by atoms with Crippen LogP contribution in [0, 0.1) is 0 Å². The quantitative estimate of drug-likeness (QED) is 0.590. The molecule has 0 aliphatic carbocycles. The van der Waals surface area contributed by atoms with E-state index in [0.29, 0.717) is 6.54 Å². The number of halogens is 1. The molecule has 0 unspecified atom stereocenters. The lowest BCUT2D eigenvalue weighted by atomic mass is 10.2. The second-order valence-electron chi connectivity index (χ2n) is 2.37. The topological polar surface area (TPSA) is 64.4 Å². The van der Waals surface area contributed by atoms with E-state index in [1.807, 2.05) is 24.3 Å². The maximum Gasteiger partial charge on any atom is 0.186 e. The van der Waals surface area contributed by atoms with Crippen LogP contribution >= 0.6 is 15.9 Å². The van der Waals surface area contributed by atoms with Crippen molar-refractivity contribution < 1.29 is 0 Å². The fourth-order valence-corrected chi connectivity index (χ4v) is 1.04. The smallest absolute Gasteiger partial charge is 0.186 e. The highest BCUT2D eigenvalue weighted by molar-refractivity contribution is 9.10. The summed E-state index contributed by atoms with van der Waals surface area (Å²) in [6, 6.07) is 7.85. The zero-order valence-electron chi connectivity index (χ0n) is 6.50. The van der Waals surface area contributed by atoms with Gasteiger partial charge in [0.25, 0.3) is 0 Å². The number of aliphatic imine (C=N–C) groups is 1. The standard InChI is InChI=1S/C8H10BrN3/c9-7-3-1-6(2-4-7)5-12-8(10)11/h1-4H,5H2,(H4,10,11,12). The van der Waals surface area contributed by atoms with Crippen LogP contribution in [0.2, 0.25) is 0 Å². The van der Waals surface area contributed by atoms with E-state index in [1.54, 1.807) is 0 Å². The van der Waals surface area contributed by atoms with E-state index in [2.05, 4.69) is 20.9 Å². The third-order valence-electron chi connectivity index (χ3n) is 1.36. The maximum absolute atomic E-state index is 5.19. The summed E-state index contributed by atoms with van der Waals surface area (Å²) in [4.78, 5) is 3.88. The van der Waals surface area contributed by atoms with Gasteiger partial charge in [-0.3, -0.25) is 0 Å². The lowest BCUT2D eigenvalue weighted by molar-refractivity contribution is 1.05. The Morgan fingerprint density at radius 1 is 1.25 bits per heavy atom. The second kappa shape index (κ2) is 4.11. The molecule has 0 aliphatic rings. The van der Waals surface area contributed by atoms with Crippen molar-refractivity contribution in [3.05, 3.63) is 34.3 Å². The average Bonchev–Trinajstić information content (AvgIpc) is 2.03. The summed E-state index contributed by atoms with van der Waals surface area (Å²) >= 11 is 3.34. The van der Waals surface area contributed by atoms with Gasteiger partial charge in [-0.15, -0.1) is 0 Å². The van der Waals surface area contributed by atoms with Gasteiger partial charge in [0.05, 0.1) is 6.54 Å². The van der Waals surface area contributed by atoms with Crippen LogP contribution in [-0.4, -0.2) is 5.96 Å². The first-order chi connectivity index (χ1) is 5.68. The summed E-state index contributed by atoms with van der Waals surface area (Å²) in [5.41, 5.74) is 11.5. The van der Waals surface area contributed by atoms with Crippen LogP contribution in [0.1, 0.15) is 5.56 Å². The van der Waals surface area contributed by atoms with Gasteiger partial charge in [0, 0.05) is 4.47 Å². The fourth-order valence-electron chi connectivity index (χ4n) is 0.772. The van der Waals surface area contributed by atoms with Crippen LogP contribution in [0.3, 0.4) is 0 Å². The van der Waals surface area contributed by atoms with E-state index in [1.165, 1.54) is 0 Å². The highest BCUT2D eigenvalue weighted by Crippen LogP contribution is 2.10. The number of benzene rings is 1. The SMILES string of the molecule is NC(N)=NCc1ccc(Br)cc1. The summed E-state index contributed by atoms with van der Waals surface area (Å²) in [6.07, 6.45) is 0. The summed E-state index contributed by atoms with van der Waals surface area (Å²) in [7, 11) is 0. The van der Waals surface area contributed by atoms with Crippen LogP contribution in [-0.2, 0) is 6.54 Å². The Labute approximate surface area is 79.6 Å². The number of hydrogen-bond acceptors (Lipinski definition) is 1. The van der Waals surface area contributed by atoms with E-state index in [9.17, 15) is 0 Å². The molecule has 4 heteroatoms. The Morgan fingerprint density at radius 2 is 1.83 bits per heavy atom. The van der Waals surface area contributed by atoms with Crippen molar-refractivity contribution in [1.82, 2.24) is 0 Å². The van der Waals surface area contributed by atoms with Crippen LogP contribution in [0.4, 0.5) is 0 Å². The molecular weight excluding hydrogens is 218 g/mol. The van der Waals surface area contributed by atoms with Gasteiger partial charge >= 0.3 is 0 Å². The van der Waals surface area contributed by atoms with E-state index in [-0.39, 0.29) is 5.96 Å². The Morgan fingerprint density at radius 3 is 2.33 bits per heavy atom. The molecule has 4 N–H and O–H groups in total. The molecule has 0 saturated heterocycles. The highest BCUT2D eigenvalue weighted by atomic mass is 79.9. The normalized spacial score (nSPS) is 9.42. The molecule has 0 heterocycles. The molecular formula is C8H10BrN3. The highest BCUT2D eigenvalue weighted by Gasteiger charge is 1.90. The van der Waals surface area contributed by atoms with Crippen LogP contribution in [0.25, 0.3) is 0 Å². The van der Waals surface area contributed by atoms with Crippen molar-refractivity contribution in [3.8, 4) is 0 Å². The van der Waals surface area contributed by atoms with Gasteiger partial charge in [0.15, 0.2) is 5.96 Å². The van der Waals surface area contributed by atoms with Crippen molar-refractivity contribution >= 4 is 21.9 Å². The third-order valence-corrected chi connectivity index (χ3v) is 1.89.